The van der Waals surface area contributed by atoms with Gasteiger partial charge in [0.2, 0.25) is 0 Å². The first kappa shape index (κ1) is 25.0. The van der Waals surface area contributed by atoms with Gasteiger partial charge in [-0.2, -0.15) is 0 Å². The molecule has 1 aromatic heterocycles. The van der Waals surface area contributed by atoms with Crippen molar-refractivity contribution in [2.75, 3.05) is 28.4 Å². The fourth-order valence-electron chi connectivity index (χ4n) is 3.36. The molecule has 1 heterocycles. The van der Waals surface area contributed by atoms with Gasteiger partial charge in [-0.15, -0.1) is 0 Å². The van der Waals surface area contributed by atoms with Crippen LogP contribution in [0, 0.1) is 0 Å². The predicted molar refractivity (Wildman–Crippen MR) is 141 cm³/mol. The summed E-state index contributed by atoms with van der Waals surface area (Å²) >= 11 is 7.04. The van der Waals surface area contributed by atoms with Crippen LogP contribution in [-0.2, 0) is 27.1 Å². The van der Waals surface area contributed by atoms with Crippen LogP contribution in [0.1, 0.15) is 0 Å². The monoisotopic (exact) mass is 552 g/mol. The first-order valence-corrected chi connectivity index (χ1v) is 14.2. The van der Waals surface area contributed by atoms with Crippen LogP contribution in [0.3, 0.4) is 0 Å². The zero-order chi connectivity index (χ0) is 25.5. The van der Waals surface area contributed by atoms with Crippen molar-refractivity contribution in [1.82, 2.24) is 3.96 Å². The van der Waals surface area contributed by atoms with Crippen molar-refractivity contribution < 1.29 is 16.8 Å². The number of hydrogen-bond donors (Lipinski definition) is 2. The molecule has 9 nitrogen and oxygen atoms in total. The molecule has 0 atom stereocenters. The Morgan fingerprint density at radius 3 is 2.09 bits per heavy atom. The van der Waals surface area contributed by atoms with E-state index in [2.05, 4.69) is 9.44 Å². The van der Waals surface area contributed by atoms with Crippen LogP contribution in [0.2, 0.25) is 5.02 Å². The molecule has 0 radical (unpaired) electrons. The van der Waals surface area contributed by atoms with Crippen LogP contribution in [-0.4, -0.2) is 34.9 Å². The van der Waals surface area contributed by atoms with Gasteiger partial charge in [0.25, 0.3) is 24.8 Å². The molecule has 184 valence electrons. The standard InChI is InChI=1S/C22H21ClN4O5S3/c1-26(2)15-5-7-16(8-6-15)34(29,30)24-19-10-4-14(23)12-20(19)25-35(31,32)17-9-11-21-18(13-17)22(28)33-27(21)3/h4-13,24-25H,1-3H3. The highest BCUT2D eigenvalue weighted by Gasteiger charge is 2.21. The number of rotatable bonds is 7. The molecule has 0 amide bonds. The number of aromatic nitrogens is 1. The van der Waals surface area contributed by atoms with E-state index >= 15 is 0 Å². The highest BCUT2D eigenvalue weighted by Crippen LogP contribution is 2.31. The van der Waals surface area contributed by atoms with Gasteiger partial charge >= 0.3 is 0 Å². The molecule has 0 saturated carbocycles. The Labute approximate surface area is 211 Å². The zero-order valence-corrected chi connectivity index (χ0v) is 22.0. The average Bonchev–Trinajstić information content (AvgIpc) is 3.08. The number of sulfonamides is 2. The minimum absolute atomic E-state index is 0.00520. The summed E-state index contributed by atoms with van der Waals surface area (Å²) in [6, 6.07) is 14.5. The van der Waals surface area contributed by atoms with Crippen molar-refractivity contribution >= 4 is 71.1 Å². The fraction of sp³-hybridized carbons (Fsp3) is 0.136. The predicted octanol–water partition coefficient (Wildman–Crippen LogP) is 3.92. The Morgan fingerprint density at radius 2 is 1.43 bits per heavy atom. The third-order valence-corrected chi connectivity index (χ3v) is 9.03. The highest BCUT2D eigenvalue weighted by molar-refractivity contribution is 7.93. The molecule has 0 unspecified atom stereocenters. The summed E-state index contributed by atoms with van der Waals surface area (Å²) in [5, 5.41) is 0.469. The number of nitrogens with zero attached hydrogens (tertiary/aromatic N) is 2. The van der Waals surface area contributed by atoms with Crippen molar-refractivity contribution in [3.63, 3.8) is 0 Å². The second kappa shape index (κ2) is 9.19. The lowest BCUT2D eigenvalue weighted by Crippen LogP contribution is -2.18. The van der Waals surface area contributed by atoms with E-state index in [-0.39, 0.29) is 36.3 Å². The molecule has 0 fully saturated rings. The maximum absolute atomic E-state index is 13.1. The van der Waals surface area contributed by atoms with Gasteiger partial charge in [-0.05, 0) is 72.2 Å². The first-order valence-electron chi connectivity index (χ1n) is 10.1. The quantitative estimate of drug-likeness (QED) is 0.359. The Balaban J connectivity index is 1.68. The molecule has 0 saturated heterocycles. The Morgan fingerprint density at radius 1 is 0.829 bits per heavy atom. The summed E-state index contributed by atoms with van der Waals surface area (Å²) in [5.41, 5.74) is 1.35. The van der Waals surface area contributed by atoms with E-state index in [4.69, 9.17) is 11.6 Å². The molecule has 3 aromatic carbocycles. The highest BCUT2D eigenvalue weighted by atomic mass is 35.5. The maximum atomic E-state index is 13.1. The fourth-order valence-corrected chi connectivity index (χ4v) is 6.48. The molecule has 0 spiro atoms. The van der Waals surface area contributed by atoms with Crippen molar-refractivity contribution in [3.05, 3.63) is 75.2 Å². The van der Waals surface area contributed by atoms with E-state index < -0.39 is 20.0 Å². The van der Waals surface area contributed by atoms with E-state index in [1.807, 2.05) is 19.0 Å². The Hall–Kier alpha value is -3.06. The molecular formula is C22H21ClN4O5S3. The summed E-state index contributed by atoms with van der Waals surface area (Å²) < 4.78 is 58.4. The normalized spacial score (nSPS) is 12.0. The number of hydrogen-bond acceptors (Lipinski definition) is 7. The SMILES string of the molecule is CN(C)c1ccc(S(=O)(=O)Nc2ccc(Cl)cc2NS(=O)(=O)c2ccc3c(c2)c(=O)sn3C)cc1. The van der Waals surface area contributed by atoms with Crippen LogP contribution >= 0.6 is 23.1 Å². The molecule has 0 aliphatic rings. The summed E-state index contributed by atoms with van der Waals surface area (Å²) in [6.45, 7) is 0. The van der Waals surface area contributed by atoms with Gasteiger partial charge in [0, 0.05) is 31.9 Å². The number of halogens is 1. The molecule has 4 rings (SSSR count). The third kappa shape index (κ3) is 5.15. The minimum atomic E-state index is -4.18. The molecule has 2 N–H and O–H groups in total. The first-order chi connectivity index (χ1) is 16.4. The van der Waals surface area contributed by atoms with Gasteiger partial charge in [0.1, 0.15) is 0 Å². The Kier molecular flexibility index (Phi) is 6.58. The molecule has 35 heavy (non-hydrogen) atoms. The topological polar surface area (TPSA) is 118 Å². The van der Waals surface area contributed by atoms with Gasteiger partial charge < -0.3 is 4.90 Å². The lowest BCUT2D eigenvalue weighted by molar-refractivity contribution is 0.599. The number of benzene rings is 3. The summed E-state index contributed by atoms with van der Waals surface area (Å²) in [5.74, 6) is 0. The van der Waals surface area contributed by atoms with E-state index in [0.717, 1.165) is 17.2 Å². The van der Waals surface area contributed by atoms with Crippen LogP contribution in [0.5, 0.6) is 0 Å². The molecule has 4 aromatic rings. The average molecular weight is 553 g/mol. The summed E-state index contributed by atoms with van der Waals surface area (Å²) in [7, 11) is -2.83. The van der Waals surface area contributed by atoms with Gasteiger partial charge in [-0.3, -0.25) is 18.2 Å². The Bertz CT molecular complexity index is 1690. The third-order valence-electron chi connectivity index (χ3n) is 5.19. The van der Waals surface area contributed by atoms with Crippen LogP contribution in [0.15, 0.2) is 75.2 Å². The van der Waals surface area contributed by atoms with Gasteiger partial charge in [-0.25, -0.2) is 16.8 Å². The van der Waals surface area contributed by atoms with Crippen molar-refractivity contribution in [2.45, 2.75) is 9.79 Å². The van der Waals surface area contributed by atoms with Crippen LogP contribution < -0.4 is 19.1 Å². The number of aryl methyl sites for hydroxylation is 1. The second-order valence-corrected chi connectivity index (χ2v) is 12.7. The van der Waals surface area contributed by atoms with E-state index in [0.29, 0.717) is 5.52 Å². The molecule has 13 heteroatoms. The lowest BCUT2D eigenvalue weighted by atomic mass is 10.2. The summed E-state index contributed by atoms with van der Waals surface area (Å²) in [6.07, 6.45) is 0. The van der Waals surface area contributed by atoms with Crippen LogP contribution in [0.25, 0.3) is 10.9 Å². The summed E-state index contributed by atoms with van der Waals surface area (Å²) in [4.78, 5) is 13.9. The molecular weight excluding hydrogens is 532 g/mol. The maximum Gasteiger partial charge on any atom is 0.261 e. The zero-order valence-electron chi connectivity index (χ0n) is 18.8. The number of fused-ring (bicyclic) bond motifs is 1. The molecule has 0 aliphatic carbocycles. The molecule has 0 bridgehead atoms. The van der Waals surface area contributed by atoms with Crippen molar-refractivity contribution in [1.29, 1.82) is 0 Å². The van der Waals surface area contributed by atoms with Crippen molar-refractivity contribution in [2.24, 2.45) is 7.05 Å². The van der Waals surface area contributed by atoms with Crippen molar-refractivity contribution in [3.8, 4) is 0 Å². The number of anilines is 3. The number of nitrogens with one attached hydrogen (secondary N) is 2. The largest absolute Gasteiger partial charge is 0.378 e. The van der Waals surface area contributed by atoms with Crippen LogP contribution in [0.4, 0.5) is 17.1 Å². The lowest BCUT2D eigenvalue weighted by Gasteiger charge is -2.16. The molecule has 0 aliphatic heterocycles. The minimum Gasteiger partial charge on any atom is -0.378 e. The van der Waals surface area contributed by atoms with E-state index in [1.54, 1.807) is 29.2 Å². The van der Waals surface area contributed by atoms with Gasteiger partial charge in [0.05, 0.1) is 32.1 Å². The second-order valence-electron chi connectivity index (χ2n) is 7.84. The van der Waals surface area contributed by atoms with Gasteiger partial charge in [-0.1, -0.05) is 11.6 Å². The van der Waals surface area contributed by atoms with E-state index in [9.17, 15) is 21.6 Å². The van der Waals surface area contributed by atoms with E-state index in [1.165, 1.54) is 42.5 Å². The smallest absolute Gasteiger partial charge is 0.261 e. The van der Waals surface area contributed by atoms with Gasteiger partial charge in [0.15, 0.2) is 0 Å².